The second-order valence-electron chi connectivity index (χ2n) is 5.46. The number of hydrogen-bond acceptors (Lipinski definition) is 7. The van der Waals surface area contributed by atoms with Crippen LogP contribution in [0.2, 0.25) is 10.0 Å². The smallest absolute Gasteiger partial charge is 0.333 e. The number of hydrogen-bond donors (Lipinski definition) is 3. The van der Waals surface area contributed by atoms with Crippen LogP contribution >= 0.6 is 39.1 Å². The molecule has 12 heteroatoms. The van der Waals surface area contributed by atoms with E-state index >= 15 is 0 Å². The van der Waals surface area contributed by atoms with Crippen LogP contribution in [-0.2, 0) is 0 Å². The highest BCUT2D eigenvalue weighted by Gasteiger charge is 2.24. The number of rotatable bonds is 6. The summed E-state index contributed by atoms with van der Waals surface area (Å²) in [4.78, 5) is 31.0. The van der Waals surface area contributed by atoms with Crippen molar-refractivity contribution in [2.45, 2.75) is 0 Å². The van der Waals surface area contributed by atoms with Crippen LogP contribution in [0.15, 0.2) is 53.3 Å². The van der Waals surface area contributed by atoms with Crippen LogP contribution < -0.4 is 16.2 Å². The molecule has 0 unspecified atom stereocenters. The summed E-state index contributed by atoms with van der Waals surface area (Å²) in [5.41, 5.74) is 5.00. The van der Waals surface area contributed by atoms with Crippen LogP contribution in [0.4, 0.5) is 23.0 Å². The second kappa shape index (κ2) is 9.03. The van der Waals surface area contributed by atoms with Gasteiger partial charge in [0, 0.05) is 4.47 Å². The van der Waals surface area contributed by atoms with Crippen molar-refractivity contribution in [3.05, 3.63) is 79.0 Å². The van der Waals surface area contributed by atoms with Gasteiger partial charge in [-0.3, -0.25) is 25.8 Å². The van der Waals surface area contributed by atoms with Crippen LogP contribution in [0, 0.1) is 10.1 Å². The topological polar surface area (TPSA) is 122 Å². The van der Waals surface area contributed by atoms with Crippen molar-refractivity contribution in [3.63, 3.8) is 0 Å². The molecular weight excluding hydrogens is 487 g/mol. The van der Waals surface area contributed by atoms with Crippen molar-refractivity contribution >= 4 is 68.0 Å². The van der Waals surface area contributed by atoms with E-state index < -0.39 is 16.5 Å². The summed E-state index contributed by atoms with van der Waals surface area (Å²) < 4.78 is 0.564. The number of anilines is 3. The number of aromatic nitrogens is 2. The highest BCUT2D eigenvalue weighted by atomic mass is 79.9. The van der Waals surface area contributed by atoms with Crippen molar-refractivity contribution in [1.82, 2.24) is 15.4 Å². The van der Waals surface area contributed by atoms with E-state index in [-0.39, 0.29) is 21.7 Å². The van der Waals surface area contributed by atoms with Crippen molar-refractivity contribution in [2.24, 2.45) is 0 Å². The maximum atomic E-state index is 12.3. The van der Waals surface area contributed by atoms with Crippen LogP contribution in [0.5, 0.6) is 0 Å². The molecule has 1 aromatic heterocycles. The van der Waals surface area contributed by atoms with E-state index in [0.717, 1.165) is 6.33 Å². The molecule has 3 aromatic rings. The van der Waals surface area contributed by atoms with E-state index in [1.54, 1.807) is 42.5 Å². The molecule has 3 N–H and O–H groups in total. The van der Waals surface area contributed by atoms with Gasteiger partial charge in [0.05, 0.1) is 26.2 Å². The zero-order valence-corrected chi connectivity index (χ0v) is 17.4. The number of amides is 1. The Bertz CT molecular complexity index is 1100. The highest BCUT2D eigenvalue weighted by molar-refractivity contribution is 9.10. The van der Waals surface area contributed by atoms with Gasteiger partial charge in [0.15, 0.2) is 0 Å². The third-order valence-electron chi connectivity index (χ3n) is 3.62. The molecule has 0 spiro atoms. The first-order valence-electron chi connectivity index (χ1n) is 7.89. The average Bonchev–Trinajstić information content (AvgIpc) is 2.70. The second-order valence-corrected chi connectivity index (χ2v) is 7.10. The number of benzene rings is 2. The summed E-state index contributed by atoms with van der Waals surface area (Å²) in [6, 6.07) is 11.5. The zero-order valence-electron chi connectivity index (χ0n) is 14.3. The number of halogens is 3. The molecule has 0 aliphatic heterocycles. The summed E-state index contributed by atoms with van der Waals surface area (Å²) in [7, 11) is 0. The molecule has 2 aromatic carbocycles. The number of nitro groups is 1. The van der Waals surface area contributed by atoms with Gasteiger partial charge in [-0.05, 0) is 40.2 Å². The minimum atomic E-state index is -0.687. The van der Waals surface area contributed by atoms with Crippen molar-refractivity contribution < 1.29 is 9.72 Å². The molecule has 29 heavy (non-hydrogen) atoms. The highest BCUT2D eigenvalue weighted by Crippen LogP contribution is 2.35. The molecule has 0 saturated heterocycles. The van der Waals surface area contributed by atoms with Gasteiger partial charge in [-0.1, -0.05) is 41.4 Å². The van der Waals surface area contributed by atoms with Crippen LogP contribution in [-0.4, -0.2) is 20.8 Å². The van der Waals surface area contributed by atoms with Crippen LogP contribution in [0.3, 0.4) is 0 Å². The summed E-state index contributed by atoms with van der Waals surface area (Å²) >= 11 is 15.3. The van der Waals surface area contributed by atoms with Crippen molar-refractivity contribution in [2.75, 3.05) is 10.7 Å². The Labute approximate surface area is 182 Å². The quantitative estimate of drug-likeness (QED) is 0.325. The van der Waals surface area contributed by atoms with Gasteiger partial charge in [0.25, 0.3) is 5.91 Å². The molecule has 0 aliphatic carbocycles. The predicted octanol–water partition coefficient (Wildman–Crippen LogP) is 4.95. The summed E-state index contributed by atoms with van der Waals surface area (Å²) in [5, 5.41) is 14.8. The van der Waals surface area contributed by atoms with Crippen molar-refractivity contribution in [1.29, 1.82) is 0 Å². The maximum Gasteiger partial charge on any atom is 0.355 e. The number of nitrogens with zero attached hydrogens (tertiary/aromatic N) is 3. The summed E-state index contributed by atoms with van der Waals surface area (Å²) in [6.45, 7) is 0. The Morgan fingerprint density at radius 1 is 1.07 bits per heavy atom. The first-order valence-corrected chi connectivity index (χ1v) is 9.44. The van der Waals surface area contributed by atoms with Gasteiger partial charge in [-0.15, -0.1) is 0 Å². The lowest BCUT2D eigenvalue weighted by atomic mass is 10.2. The monoisotopic (exact) mass is 496 g/mol. The Balaban J connectivity index is 1.87. The SMILES string of the molecule is O=C(NNc1ncnc(Nc2cccc(Cl)c2Cl)c1[N+](=O)[O-])c1ccccc1Br. The molecule has 1 heterocycles. The zero-order chi connectivity index (χ0) is 21.0. The van der Waals surface area contributed by atoms with Gasteiger partial charge >= 0.3 is 5.69 Å². The van der Waals surface area contributed by atoms with Gasteiger partial charge in [-0.2, -0.15) is 0 Å². The van der Waals surface area contributed by atoms with Crippen LogP contribution in [0.25, 0.3) is 0 Å². The van der Waals surface area contributed by atoms with Gasteiger partial charge in [0.2, 0.25) is 11.6 Å². The molecule has 0 saturated carbocycles. The molecular formula is C17H11BrCl2N6O3. The summed E-state index contributed by atoms with van der Waals surface area (Å²) in [6.07, 6.45) is 1.10. The third kappa shape index (κ3) is 4.73. The lowest BCUT2D eigenvalue weighted by Crippen LogP contribution is -2.30. The van der Waals surface area contributed by atoms with Gasteiger partial charge < -0.3 is 5.32 Å². The van der Waals surface area contributed by atoms with Crippen LogP contribution in [0.1, 0.15) is 10.4 Å². The fraction of sp³-hybridized carbons (Fsp3) is 0. The molecule has 3 rings (SSSR count). The lowest BCUT2D eigenvalue weighted by molar-refractivity contribution is -0.383. The molecule has 9 nitrogen and oxygen atoms in total. The first kappa shape index (κ1) is 20.8. The summed E-state index contributed by atoms with van der Waals surface area (Å²) in [5.74, 6) is -0.865. The Kier molecular flexibility index (Phi) is 6.47. The third-order valence-corrected chi connectivity index (χ3v) is 5.13. The molecule has 1 amide bonds. The normalized spacial score (nSPS) is 10.3. The van der Waals surface area contributed by atoms with Gasteiger partial charge in [-0.25, -0.2) is 9.97 Å². The number of carbonyl (C=O) groups excluding carboxylic acids is 1. The lowest BCUT2D eigenvalue weighted by Gasteiger charge is -2.12. The molecule has 0 fully saturated rings. The number of hydrazine groups is 1. The standard InChI is InChI=1S/C17H11BrCl2N6O3/c18-10-5-2-1-4-9(10)17(27)25-24-16-14(26(28)29)15(21-8-22-16)23-12-7-3-6-11(19)13(12)20/h1-8H,(H,25,27)(H2,21,22,23,24). The van der Waals surface area contributed by atoms with E-state index in [1.165, 1.54) is 0 Å². The molecule has 0 atom stereocenters. The Hall–Kier alpha value is -2.95. The van der Waals surface area contributed by atoms with E-state index in [9.17, 15) is 14.9 Å². The predicted molar refractivity (Wildman–Crippen MR) is 114 cm³/mol. The maximum absolute atomic E-state index is 12.3. The van der Waals surface area contributed by atoms with E-state index in [2.05, 4.69) is 42.1 Å². The molecule has 0 bridgehead atoms. The molecule has 0 radical (unpaired) electrons. The Morgan fingerprint density at radius 3 is 2.52 bits per heavy atom. The largest absolute Gasteiger partial charge is 0.355 e. The molecule has 0 aliphatic rings. The Morgan fingerprint density at radius 2 is 1.79 bits per heavy atom. The number of nitrogens with one attached hydrogen (secondary N) is 3. The minimum Gasteiger partial charge on any atom is -0.333 e. The van der Waals surface area contributed by atoms with E-state index in [0.29, 0.717) is 15.7 Å². The first-order chi connectivity index (χ1) is 13.9. The van der Waals surface area contributed by atoms with Gasteiger partial charge in [0.1, 0.15) is 6.33 Å². The number of carbonyl (C=O) groups is 1. The van der Waals surface area contributed by atoms with E-state index in [1.807, 2.05) is 0 Å². The molecule has 148 valence electrons. The fourth-order valence-electron chi connectivity index (χ4n) is 2.29. The fourth-order valence-corrected chi connectivity index (χ4v) is 3.10. The minimum absolute atomic E-state index is 0.133. The average molecular weight is 498 g/mol. The van der Waals surface area contributed by atoms with E-state index in [4.69, 9.17) is 23.2 Å². The van der Waals surface area contributed by atoms with Crippen molar-refractivity contribution in [3.8, 4) is 0 Å².